The van der Waals surface area contributed by atoms with Crippen molar-refractivity contribution in [1.82, 2.24) is 20.0 Å². The molecule has 1 saturated heterocycles. The molecule has 10 heteroatoms. The Morgan fingerprint density at radius 1 is 1.28 bits per heavy atom. The van der Waals surface area contributed by atoms with Crippen LogP contribution in [0, 0.1) is 0 Å². The molecular weight excluding hydrogens is 428 g/mol. The van der Waals surface area contributed by atoms with E-state index >= 15 is 0 Å². The van der Waals surface area contributed by atoms with E-state index < -0.39 is 6.03 Å². The van der Waals surface area contributed by atoms with Crippen LogP contribution in [0.4, 0.5) is 16.3 Å². The lowest BCUT2D eigenvalue weighted by atomic mass is 10.1. The number of ether oxygens (including phenoxy) is 1. The van der Waals surface area contributed by atoms with Crippen LogP contribution in [0.2, 0.25) is 0 Å². The van der Waals surface area contributed by atoms with E-state index in [1.54, 1.807) is 12.3 Å². The lowest BCUT2D eigenvalue weighted by molar-refractivity contribution is -0.0830. The van der Waals surface area contributed by atoms with E-state index in [4.69, 9.17) is 15.3 Å². The third kappa shape index (κ3) is 3.59. The highest BCUT2D eigenvalue weighted by atomic mass is 32.1. The normalized spacial score (nSPS) is 15.8. The molecule has 0 aliphatic carbocycles. The van der Waals surface area contributed by atoms with Crippen LogP contribution in [0.15, 0.2) is 54.3 Å². The number of urea groups is 1. The summed E-state index contributed by atoms with van der Waals surface area (Å²) in [5.74, 6) is 0.727. The molecule has 0 radical (unpaired) electrons. The fourth-order valence-corrected chi connectivity index (χ4v) is 4.67. The molecule has 1 fully saturated rings. The van der Waals surface area contributed by atoms with Crippen molar-refractivity contribution in [3.05, 3.63) is 59.9 Å². The minimum atomic E-state index is -0.393. The highest BCUT2D eigenvalue weighted by molar-refractivity contribution is 7.18. The number of pyridine rings is 1. The van der Waals surface area contributed by atoms with Crippen molar-refractivity contribution >= 4 is 39.1 Å². The van der Waals surface area contributed by atoms with Gasteiger partial charge in [-0.3, -0.25) is 4.84 Å². The number of nitrogens with one attached hydrogen (secondary N) is 1. The Labute approximate surface area is 187 Å². The predicted molar refractivity (Wildman–Crippen MR) is 122 cm³/mol. The summed E-state index contributed by atoms with van der Waals surface area (Å²) in [5, 5.41) is 6.20. The number of nitrogens with two attached hydrogens (primary N) is 1. The number of methoxy groups -OCH3 is 1. The van der Waals surface area contributed by atoms with Gasteiger partial charge >= 0.3 is 6.03 Å². The molecule has 4 aromatic rings. The van der Waals surface area contributed by atoms with Crippen LogP contribution in [-0.4, -0.2) is 39.8 Å². The van der Waals surface area contributed by atoms with E-state index in [1.165, 1.54) is 29.8 Å². The molecule has 1 unspecified atom stereocenters. The van der Waals surface area contributed by atoms with Crippen molar-refractivity contribution in [2.45, 2.75) is 12.5 Å². The van der Waals surface area contributed by atoms with Crippen LogP contribution in [-0.2, 0) is 4.84 Å². The zero-order valence-corrected chi connectivity index (χ0v) is 18.0. The van der Waals surface area contributed by atoms with Crippen LogP contribution in [0.25, 0.3) is 21.3 Å². The van der Waals surface area contributed by atoms with Crippen molar-refractivity contribution < 1.29 is 14.4 Å². The summed E-state index contributed by atoms with van der Waals surface area (Å²) in [5.41, 5.74) is 9.77. The lowest BCUT2D eigenvalue weighted by Gasteiger charge is -2.23. The quantitative estimate of drug-likeness (QED) is 0.479. The third-order valence-electron chi connectivity index (χ3n) is 5.27. The molecular formula is C22H20N6O3S. The first-order valence-electron chi connectivity index (χ1n) is 9.96. The molecule has 0 bridgehead atoms. The Bertz CT molecular complexity index is 1280. The van der Waals surface area contributed by atoms with Gasteiger partial charge in [0.2, 0.25) is 5.88 Å². The summed E-state index contributed by atoms with van der Waals surface area (Å²) in [7, 11) is 1.50. The fourth-order valence-electron chi connectivity index (χ4n) is 3.74. The highest BCUT2D eigenvalue weighted by Crippen LogP contribution is 2.37. The van der Waals surface area contributed by atoms with Gasteiger partial charge in [0.15, 0.2) is 0 Å². The number of rotatable bonds is 4. The van der Waals surface area contributed by atoms with Crippen molar-refractivity contribution in [2.24, 2.45) is 0 Å². The number of fused-ring (bicyclic) bond motifs is 1. The van der Waals surface area contributed by atoms with E-state index in [0.29, 0.717) is 24.0 Å². The van der Waals surface area contributed by atoms with Gasteiger partial charge in [-0.15, -0.1) is 11.3 Å². The maximum absolute atomic E-state index is 13.1. The number of hydrogen-bond donors (Lipinski definition) is 2. The molecule has 1 aliphatic rings. The second-order valence-corrected chi connectivity index (χ2v) is 8.05. The molecule has 1 aromatic carbocycles. The van der Waals surface area contributed by atoms with E-state index in [1.807, 2.05) is 35.7 Å². The predicted octanol–water partition coefficient (Wildman–Crippen LogP) is 4.25. The molecule has 4 heterocycles. The number of amides is 2. The molecule has 5 rings (SSSR count). The van der Waals surface area contributed by atoms with Crippen LogP contribution in [0.3, 0.4) is 0 Å². The van der Waals surface area contributed by atoms with Gasteiger partial charge in [-0.25, -0.2) is 19.7 Å². The number of hydrogen-bond acceptors (Lipinski definition) is 8. The minimum absolute atomic E-state index is 0.168. The molecule has 2 amide bonds. The zero-order valence-electron chi connectivity index (χ0n) is 17.2. The van der Waals surface area contributed by atoms with Gasteiger partial charge in [-0.1, -0.05) is 30.3 Å². The van der Waals surface area contributed by atoms with E-state index in [-0.39, 0.29) is 6.04 Å². The molecule has 9 nitrogen and oxygen atoms in total. The first kappa shape index (κ1) is 20.2. The molecule has 1 aliphatic heterocycles. The maximum atomic E-state index is 13.1. The topological polar surface area (TPSA) is 115 Å². The van der Waals surface area contributed by atoms with Gasteiger partial charge in [0.25, 0.3) is 0 Å². The first-order chi connectivity index (χ1) is 15.7. The minimum Gasteiger partial charge on any atom is -0.480 e. The second kappa shape index (κ2) is 8.40. The van der Waals surface area contributed by atoms with Gasteiger partial charge in [-0.2, -0.15) is 5.06 Å². The van der Waals surface area contributed by atoms with Gasteiger partial charge in [-0.05, 0) is 11.6 Å². The average Bonchev–Trinajstić information content (AvgIpc) is 3.48. The molecule has 3 aromatic heterocycles. The molecule has 1 atom stereocenters. The van der Waals surface area contributed by atoms with Crippen LogP contribution in [0.5, 0.6) is 5.88 Å². The van der Waals surface area contributed by atoms with E-state index in [2.05, 4.69) is 20.3 Å². The summed E-state index contributed by atoms with van der Waals surface area (Å²) < 4.78 is 6.18. The van der Waals surface area contributed by atoms with E-state index in [0.717, 1.165) is 33.3 Å². The maximum Gasteiger partial charge on any atom is 0.346 e. The molecule has 3 N–H and O–H groups in total. The van der Waals surface area contributed by atoms with Crippen LogP contribution < -0.4 is 15.8 Å². The zero-order chi connectivity index (χ0) is 22.1. The Kier molecular flexibility index (Phi) is 5.29. The Morgan fingerprint density at radius 3 is 2.94 bits per heavy atom. The summed E-state index contributed by atoms with van der Waals surface area (Å²) >= 11 is 1.46. The van der Waals surface area contributed by atoms with Crippen molar-refractivity contribution in [1.29, 1.82) is 0 Å². The summed E-state index contributed by atoms with van der Waals surface area (Å²) in [6.45, 7) is 0.463. The third-order valence-corrected chi connectivity index (χ3v) is 6.26. The molecule has 0 spiro atoms. The van der Waals surface area contributed by atoms with Crippen LogP contribution in [0.1, 0.15) is 18.0 Å². The lowest BCUT2D eigenvalue weighted by Crippen LogP contribution is -2.33. The number of carbonyl (C=O) groups is 1. The average molecular weight is 449 g/mol. The summed E-state index contributed by atoms with van der Waals surface area (Å²) in [6.07, 6.45) is 3.82. The van der Waals surface area contributed by atoms with Crippen LogP contribution >= 0.6 is 11.3 Å². The Morgan fingerprint density at radius 2 is 2.12 bits per heavy atom. The number of thiophene rings is 1. The molecule has 162 valence electrons. The molecule has 32 heavy (non-hydrogen) atoms. The number of nitrogens with zero attached hydrogens (tertiary/aromatic N) is 4. The fraction of sp³-hybridized carbons (Fsp3) is 0.182. The Balaban J connectivity index is 1.45. The van der Waals surface area contributed by atoms with Crippen molar-refractivity contribution in [2.75, 3.05) is 24.8 Å². The van der Waals surface area contributed by atoms with Crippen molar-refractivity contribution in [3.63, 3.8) is 0 Å². The second-order valence-electron chi connectivity index (χ2n) is 7.17. The van der Waals surface area contributed by atoms with Gasteiger partial charge < -0.3 is 15.8 Å². The summed E-state index contributed by atoms with van der Waals surface area (Å²) in [6, 6.07) is 11.0. The number of carbonyl (C=O) groups excluding carboxylic acids is 1. The number of nitrogen functional groups attached to an aromatic ring is 1. The number of hydroxylamine groups is 2. The van der Waals surface area contributed by atoms with Gasteiger partial charge in [0.1, 0.15) is 17.8 Å². The van der Waals surface area contributed by atoms with Gasteiger partial charge in [0.05, 0.1) is 30.0 Å². The SMILES string of the molecule is COc1ncc(-c2csc3c(N)ncnc23)cc1NC(=O)N1OCCC1c1ccccc1. The smallest absolute Gasteiger partial charge is 0.346 e. The largest absolute Gasteiger partial charge is 0.480 e. The van der Waals surface area contributed by atoms with Gasteiger partial charge in [0, 0.05) is 29.1 Å². The first-order valence-corrected chi connectivity index (χ1v) is 10.8. The Hall–Kier alpha value is -3.76. The highest BCUT2D eigenvalue weighted by Gasteiger charge is 2.32. The number of benzene rings is 1. The number of anilines is 2. The summed E-state index contributed by atoms with van der Waals surface area (Å²) in [4.78, 5) is 31.5. The van der Waals surface area contributed by atoms with Crippen molar-refractivity contribution in [3.8, 4) is 17.0 Å². The van der Waals surface area contributed by atoms with E-state index in [9.17, 15) is 4.79 Å². The molecule has 0 saturated carbocycles. The monoisotopic (exact) mass is 448 g/mol. The standard InChI is InChI=1S/C22H20N6O3S/c1-30-21-16(27-22(29)28-17(7-8-31-28)13-5-3-2-4-6-13)9-14(10-24-21)15-11-32-19-18(15)25-12-26-20(19)23/h2-6,9-12,17H,7-8H2,1H3,(H,27,29)(H2,23,25,26). The number of aromatic nitrogens is 3.